The molecule has 1 saturated carbocycles. The number of aryl methyl sites for hydroxylation is 1. The molecule has 0 bridgehead atoms. The quantitative estimate of drug-likeness (QED) is 0.683. The van der Waals surface area contributed by atoms with Gasteiger partial charge in [0.1, 0.15) is 0 Å². The molecule has 0 aliphatic heterocycles. The van der Waals surface area contributed by atoms with E-state index in [1.807, 2.05) is 13.8 Å². The predicted octanol–water partition coefficient (Wildman–Crippen LogP) is 4.05. The van der Waals surface area contributed by atoms with Crippen LogP contribution in [0, 0.1) is 5.92 Å². The Bertz CT molecular complexity index is 359. The first-order valence-corrected chi connectivity index (χ1v) is 6.27. The molecule has 1 nitrogen and oxygen atoms in total. The molecule has 2 unspecified atom stereocenters. The van der Waals surface area contributed by atoms with Crippen LogP contribution in [0.4, 0.5) is 0 Å². The number of rotatable bonds is 2. The molecule has 0 aromatic carbocycles. The first-order valence-electron chi connectivity index (χ1n) is 6.27. The Morgan fingerprint density at radius 2 is 2.20 bits per heavy atom. The van der Waals surface area contributed by atoms with Crippen molar-refractivity contribution in [3.63, 3.8) is 0 Å². The van der Waals surface area contributed by atoms with Crippen LogP contribution in [0.5, 0.6) is 0 Å². The van der Waals surface area contributed by atoms with E-state index in [-0.39, 0.29) is 0 Å². The lowest BCUT2D eigenvalue weighted by Crippen LogP contribution is -2.02. The van der Waals surface area contributed by atoms with Crippen LogP contribution in [0.25, 0.3) is 6.08 Å². The summed E-state index contributed by atoms with van der Waals surface area (Å²) in [6, 6.07) is 2.26. The Kier molecular flexibility index (Phi) is 2.99. The molecule has 1 heteroatoms. The van der Waals surface area contributed by atoms with Gasteiger partial charge in [0, 0.05) is 24.4 Å². The minimum absolute atomic E-state index is 0.863. The van der Waals surface area contributed by atoms with Crippen LogP contribution in [0.15, 0.2) is 18.3 Å². The summed E-state index contributed by atoms with van der Waals surface area (Å²) in [6.07, 6.45) is 9.55. The van der Waals surface area contributed by atoms with Gasteiger partial charge in [0.2, 0.25) is 0 Å². The van der Waals surface area contributed by atoms with Crippen LogP contribution in [0.1, 0.15) is 50.8 Å². The maximum absolute atomic E-state index is 2.45. The smallest absolute Gasteiger partial charge is 0.0284 e. The fourth-order valence-corrected chi connectivity index (χ4v) is 2.47. The summed E-state index contributed by atoms with van der Waals surface area (Å²) in [5, 5.41) is 0. The summed E-state index contributed by atoms with van der Waals surface area (Å²) in [7, 11) is 0. The Morgan fingerprint density at radius 3 is 2.93 bits per heavy atom. The zero-order valence-corrected chi connectivity index (χ0v) is 10.0. The SMILES string of the molecule is CC.CCCn1ccc2c1C1CC1C=C2. The van der Waals surface area contributed by atoms with Gasteiger partial charge in [-0.2, -0.15) is 0 Å². The molecule has 0 saturated heterocycles. The van der Waals surface area contributed by atoms with Gasteiger partial charge in [-0.15, -0.1) is 0 Å². The highest BCUT2D eigenvalue weighted by Crippen LogP contribution is 2.52. The van der Waals surface area contributed by atoms with E-state index in [2.05, 4.69) is 35.9 Å². The molecule has 1 heterocycles. The van der Waals surface area contributed by atoms with Crippen LogP contribution >= 0.6 is 0 Å². The van der Waals surface area contributed by atoms with Crippen LogP contribution in [0.2, 0.25) is 0 Å². The second-order valence-electron chi connectivity index (χ2n) is 4.21. The van der Waals surface area contributed by atoms with Crippen LogP contribution in [-0.4, -0.2) is 4.57 Å². The lowest BCUT2D eigenvalue weighted by molar-refractivity contribution is 0.644. The molecule has 3 rings (SSSR count). The van der Waals surface area contributed by atoms with Crippen molar-refractivity contribution in [2.75, 3.05) is 0 Å². The highest BCUT2D eigenvalue weighted by Gasteiger charge is 2.41. The average Bonchev–Trinajstić information content (AvgIpc) is 2.97. The van der Waals surface area contributed by atoms with E-state index in [4.69, 9.17) is 0 Å². The van der Waals surface area contributed by atoms with Crippen molar-refractivity contribution in [2.24, 2.45) is 5.92 Å². The van der Waals surface area contributed by atoms with Gasteiger partial charge in [0.25, 0.3) is 0 Å². The molecule has 0 N–H and O–H groups in total. The molecule has 0 amide bonds. The number of allylic oxidation sites excluding steroid dienone is 1. The van der Waals surface area contributed by atoms with Gasteiger partial charge in [-0.3, -0.25) is 0 Å². The average molecular weight is 203 g/mol. The number of fused-ring (bicyclic) bond motifs is 3. The Labute approximate surface area is 92.8 Å². The van der Waals surface area contributed by atoms with E-state index >= 15 is 0 Å². The molecule has 15 heavy (non-hydrogen) atoms. The molecule has 1 aromatic rings. The zero-order valence-electron chi connectivity index (χ0n) is 10.0. The van der Waals surface area contributed by atoms with E-state index < -0.39 is 0 Å². The van der Waals surface area contributed by atoms with Crippen molar-refractivity contribution < 1.29 is 0 Å². The molecule has 2 aliphatic carbocycles. The monoisotopic (exact) mass is 203 g/mol. The lowest BCUT2D eigenvalue weighted by atomic mass is 10.1. The summed E-state index contributed by atoms with van der Waals surface area (Å²) < 4.78 is 2.45. The fraction of sp³-hybridized carbons (Fsp3) is 0.571. The lowest BCUT2D eigenvalue weighted by Gasteiger charge is -2.10. The van der Waals surface area contributed by atoms with Gasteiger partial charge in [-0.25, -0.2) is 0 Å². The molecule has 2 aliphatic rings. The molecule has 0 radical (unpaired) electrons. The summed E-state index contributed by atoms with van der Waals surface area (Å²) in [6.45, 7) is 7.43. The largest absolute Gasteiger partial charge is 0.351 e. The first kappa shape index (κ1) is 10.5. The number of hydrogen-bond acceptors (Lipinski definition) is 0. The molecular weight excluding hydrogens is 182 g/mol. The number of hydrogen-bond donors (Lipinski definition) is 0. The predicted molar refractivity (Wildman–Crippen MR) is 66.0 cm³/mol. The van der Waals surface area contributed by atoms with Gasteiger partial charge in [0.15, 0.2) is 0 Å². The first-order chi connectivity index (χ1) is 7.40. The third-order valence-electron chi connectivity index (χ3n) is 3.22. The zero-order chi connectivity index (χ0) is 10.8. The topological polar surface area (TPSA) is 4.93 Å². The van der Waals surface area contributed by atoms with E-state index in [9.17, 15) is 0 Å². The van der Waals surface area contributed by atoms with Crippen molar-refractivity contribution in [3.05, 3.63) is 29.6 Å². The second-order valence-corrected chi connectivity index (χ2v) is 4.21. The van der Waals surface area contributed by atoms with Gasteiger partial charge >= 0.3 is 0 Å². The van der Waals surface area contributed by atoms with E-state index in [1.165, 1.54) is 24.9 Å². The van der Waals surface area contributed by atoms with Crippen molar-refractivity contribution in [1.82, 2.24) is 4.57 Å². The number of aromatic nitrogens is 1. The Morgan fingerprint density at radius 1 is 1.40 bits per heavy atom. The molecule has 2 atom stereocenters. The van der Waals surface area contributed by atoms with Crippen molar-refractivity contribution in [2.45, 2.75) is 46.1 Å². The Hall–Kier alpha value is -0.980. The van der Waals surface area contributed by atoms with Crippen molar-refractivity contribution >= 4 is 6.08 Å². The van der Waals surface area contributed by atoms with Crippen molar-refractivity contribution in [1.29, 1.82) is 0 Å². The molecule has 0 spiro atoms. The van der Waals surface area contributed by atoms with E-state index in [0.29, 0.717) is 0 Å². The van der Waals surface area contributed by atoms with E-state index in [0.717, 1.165) is 11.8 Å². The molecular formula is C14H21N. The summed E-state index contributed by atoms with van der Waals surface area (Å²) in [4.78, 5) is 0. The van der Waals surface area contributed by atoms with Crippen LogP contribution in [0.3, 0.4) is 0 Å². The van der Waals surface area contributed by atoms with Gasteiger partial charge in [-0.05, 0) is 30.4 Å². The van der Waals surface area contributed by atoms with Gasteiger partial charge < -0.3 is 4.57 Å². The molecule has 1 fully saturated rings. The maximum Gasteiger partial charge on any atom is 0.0284 e. The minimum Gasteiger partial charge on any atom is -0.351 e. The second kappa shape index (κ2) is 4.26. The highest BCUT2D eigenvalue weighted by molar-refractivity contribution is 5.59. The fourth-order valence-electron chi connectivity index (χ4n) is 2.47. The van der Waals surface area contributed by atoms with E-state index in [1.54, 1.807) is 5.69 Å². The van der Waals surface area contributed by atoms with Crippen LogP contribution < -0.4 is 0 Å². The normalized spacial score (nSPS) is 25.0. The summed E-state index contributed by atoms with van der Waals surface area (Å²) >= 11 is 0. The van der Waals surface area contributed by atoms with Gasteiger partial charge in [0.05, 0.1) is 0 Å². The number of nitrogens with zero attached hydrogens (tertiary/aromatic N) is 1. The summed E-state index contributed by atoms with van der Waals surface area (Å²) in [5.41, 5.74) is 3.07. The highest BCUT2D eigenvalue weighted by atomic mass is 15.0. The minimum atomic E-state index is 0.863. The Balaban J connectivity index is 0.000000404. The third kappa shape index (κ3) is 1.75. The maximum atomic E-state index is 2.45. The van der Waals surface area contributed by atoms with Gasteiger partial charge in [-0.1, -0.05) is 32.9 Å². The third-order valence-corrected chi connectivity index (χ3v) is 3.22. The molecule has 1 aromatic heterocycles. The standard InChI is InChI=1S/C12H15N.C2H6/c1-2-6-13-7-5-9-3-4-10-8-11(10)12(9)13;1-2/h3-5,7,10-11H,2,6,8H2,1H3;1-2H3. The summed E-state index contributed by atoms with van der Waals surface area (Å²) in [5.74, 6) is 1.74. The van der Waals surface area contributed by atoms with Crippen LogP contribution in [-0.2, 0) is 6.54 Å². The molecule has 82 valence electrons. The van der Waals surface area contributed by atoms with Crippen molar-refractivity contribution in [3.8, 4) is 0 Å².